The maximum absolute atomic E-state index is 5.76. The molecule has 0 aliphatic rings. The van der Waals surface area contributed by atoms with Crippen LogP contribution in [-0.2, 0) is 13.0 Å². The van der Waals surface area contributed by atoms with E-state index in [4.69, 9.17) is 10.5 Å². The number of aryl methyl sites for hydroxylation is 1. The number of benzene rings is 1. The zero-order chi connectivity index (χ0) is 12.3. The van der Waals surface area contributed by atoms with E-state index in [1.807, 2.05) is 6.07 Å². The van der Waals surface area contributed by atoms with Gasteiger partial charge in [0.15, 0.2) is 0 Å². The first-order chi connectivity index (χ1) is 8.30. The van der Waals surface area contributed by atoms with E-state index in [1.165, 1.54) is 16.7 Å². The highest BCUT2D eigenvalue weighted by Crippen LogP contribution is 2.35. The second-order valence-corrected chi connectivity index (χ2v) is 4.65. The smallest absolute Gasteiger partial charge is 0.126 e. The minimum Gasteiger partial charge on any atom is -0.496 e. The number of methoxy groups -OCH3 is 1. The molecule has 1 aromatic heterocycles. The first-order valence-electron chi connectivity index (χ1n) is 5.72. The van der Waals surface area contributed by atoms with Gasteiger partial charge in [0.25, 0.3) is 0 Å². The average Bonchev–Trinajstić information content (AvgIpc) is 2.86. The van der Waals surface area contributed by atoms with Crippen molar-refractivity contribution in [2.75, 3.05) is 7.11 Å². The molecule has 0 unspecified atom stereocenters. The highest BCUT2D eigenvalue weighted by molar-refractivity contribution is 7.08. The third-order valence-electron chi connectivity index (χ3n) is 2.92. The Balaban J connectivity index is 2.56. The van der Waals surface area contributed by atoms with Gasteiger partial charge in [0.05, 0.1) is 7.11 Å². The number of hydrogen-bond acceptors (Lipinski definition) is 3. The second-order valence-electron chi connectivity index (χ2n) is 3.90. The Kier molecular flexibility index (Phi) is 3.82. The standard InChI is InChI=1S/C14H17NOS/c1-3-10-4-5-14(16-2)12(6-10)13-9-17-8-11(13)7-15/h4-6,8-9H,3,7,15H2,1-2H3. The number of hydrogen-bond donors (Lipinski definition) is 1. The lowest BCUT2D eigenvalue weighted by Gasteiger charge is -2.10. The van der Waals surface area contributed by atoms with Gasteiger partial charge in [-0.05, 0) is 40.4 Å². The molecule has 0 aliphatic heterocycles. The van der Waals surface area contributed by atoms with Crippen molar-refractivity contribution < 1.29 is 4.74 Å². The third kappa shape index (κ3) is 2.35. The van der Waals surface area contributed by atoms with E-state index in [-0.39, 0.29) is 0 Å². The van der Waals surface area contributed by atoms with E-state index in [2.05, 4.69) is 29.8 Å². The van der Waals surface area contributed by atoms with Gasteiger partial charge in [-0.1, -0.05) is 13.0 Å². The van der Waals surface area contributed by atoms with Gasteiger partial charge in [0.2, 0.25) is 0 Å². The van der Waals surface area contributed by atoms with Gasteiger partial charge in [0, 0.05) is 17.7 Å². The van der Waals surface area contributed by atoms with E-state index >= 15 is 0 Å². The summed E-state index contributed by atoms with van der Waals surface area (Å²) >= 11 is 1.68. The van der Waals surface area contributed by atoms with Crippen molar-refractivity contribution in [3.05, 3.63) is 40.1 Å². The predicted molar refractivity (Wildman–Crippen MR) is 73.6 cm³/mol. The van der Waals surface area contributed by atoms with Gasteiger partial charge in [-0.15, -0.1) is 0 Å². The molecular formula is C14H17NOS. The molecule has 1 heterocycles. The summed E-state index contributed by atoms with van der Waals surface area (Å²) in [5.41, 5.74) is 10.6. The number of rotatable bonds is 4. The number of nitrogens with two attached hydrogens (primary N) is 1. The summed E-state index contributed by atoms with van der Waals surface area (Å²) in [7, 11) is 1.71. The average molecular weight is 247 g/mol. The molecule has 0 spiro atoms. The van der Waals surface area contributed by atoms with Crippen molar-refractivity contribution in [1.29, 1.82) is 0 Å². The second kappa shape index (κ2) is 5.34. The largest absolute Gasteiger partial charge is 0.496 e. The molecule has 0 saturated heterocycles. The van der Waals surface area contributed by atoms with Crippen molar-refractivity contribution in [3.63, 3.8) is 0 Å². The van der Waals surface area contributed by atoms with Crippen LogP contribution in [0.3, 0.4) is 0 Å². The molecule has 0 bridgehead atoms. The normalized spacial score (nSPS) is 10.5. The number of thiophene rings is 1. The van der Waals surface area contributed by atoms with Gasteiger partial charge in [-0.2, -0.15) is 11.3 Å². The summed E-state index contributed by atoms with van der Waals surface area (Å²) in [6.07, 6.45) is 1.03. The van der Waals surface area contributed by atoms with Crippen LogP contribution >= 0.6 is 11.3 Å². The van der Waals surface area contributed by atoms with Crippen LogP contribution < -0.4 is 10.5 Å². The molecule has 17 heavy (non-hydrogen) atoms. The van der Waals surface area contributed by atoms with E-state index < -0.39 is 0 Å². The van der Waals surface area contributed by atoms with Gasteiger partial charge in [0.1, 0.15) is 5.75 Å². The van der Waals surface area contributed by atoms with Crippen molar-refractivity contribution in [2.45, 2.75) is 19.9 Å². The quantitative estimate of drug-likeness (QED) is 0.898. The van der Waals surface area contributed by atoms with Crippen LogP contribution in [0.1, 0.15) is 18.1 Å². The van der Waals surface area contributed by atoms with Crippen LogP contribution in [-0.4, -0.2) is 7.11 Å². The Labute approximate surface area is 106 Å². The molecular weight excluding hydrogens is 230 g/mol. The summed E-state index contributed by atoms with van der Waals surface area (Å²) in [4.78, 5) is 0. The topological polar surface area (TPSA) is 35.2 Å². The van der Waals surface area contributed by atoms with Crippen molar-refractivity contribution >= 4 is 11.3 Å². The fourth-order valence-electron chi connectivity index (χ4n) is 1.90. The lowest BCUT2D eigenvalue weighted by Crippen LogP contribution is -1.97. The molecule has 0 atom stereocenters. The van der Waals surface area contributed by atoms with E-state index in [0.717, 1.165) is 17.7 Å². The Bertz CT molecular complexity index is 505. The SMILES string of the molecule is CCc1ccc(OC)c(-c2cscc2CN)c1. The van der Waals surface area contributed by atoms with Crippen LogP contribution in [0.15, 0.2) is 29.0 Å². The highest BCUT2D eigenvalue weighted by Gasteiger charge is 2.11. The van der Waals surface area contributed by atoms with Gasteiger partial charge in [-0.25, -0.2) is 0 Å². The summed E-state index contributed by atoms with van der Waals surface area (Å²) < 4.78 is 5.43. The fourth-order valence-corrected chi connectivity index (χ4v) is 2.77. The van der Waals surface area contributed by atoms with Crippen molar-refractivity contribution in [3.8, 4) is 16.9 Å². The zero-order valence-corrected chi connectivity index (χ0v) is 11.0. The Morgan fingerprint density at radius 3 is 2.71 bits per heavy atom. The molecule has 2 nitrogen and oxygen atoms in total. The first-order valence-corrected chi connectivity index (χ1v) is 6.66. The van der Waals surface area contributed by atoms with Gasteiger partial charge in [-0.3, -0.25) is 0 Å². The maximum atomic E-state index is 5.76. The Morgan fingerprint density at radius 2 is 2.06 bits per heavy atom. The Hall–Kier alpha value is -1.32. The van der Waals surface area contributed by atoms with Crippen LogP contribution in [0.4, 0.5) is 0 Å². The van der Waals surface area contributed by atoms with Gasteiger partial charge < -0.3 is 10.5 Å². The van der Waals surface area contributed by atoms with E-state index in [1.54, 1.807) is 18.4 Å². The number of ether oxygens (including phenoxy) is 1. The molecule has 2 N–H and O–H groups in total. The Morgan fingerprint density at radius 1 is 1.24 bits per heavy atom. The molecule has 3 heteroatoms. The molecule has 1 aromatic carbocycles. The first kappa shape index (κ1) is 12.1. The van der Waals surface area contributed by atoms with Crippen molar-refractivity contribution in [2.24, 2.45) is 5.73 Å². The summed E-state index contributed by atoms with van der Waals surface area (Å²) in [5, 5.41) is 4.24. The monoisotopic (exact) mass is 247 g/mol. The van der Waals surface area contributed by atoms with E-state index in [9.17, 15) is 0 Å². The lowest BCUT2D eigenvalue weighted by atomic mass is 10.00. The molecule has 0 saturated carbocycles. The molecule has 0 fully saturated rings. The fraction of sp³-hybridized carbons (Fsp3) is 0.286. The summed E-state index contributed by atoms with van der Waals surface area (Å²) in [5.74, 6) is 0.912. The van der Waals surface area contributed by atoms with Crippen LogP contribution in [0.25, 0.3) is 11.1 Å². The van der Waals surface area contributed by atoms with Crippen LogP contribution in [0.5, 0.6) is 5.75 Å². The van der Waals surface area contributed by atoms with E-state index in [0.29, 0.717) is 6.54 Å². The van der Waals surface area contributed by atoms with Crippen LogP contribution in [0, 0.1) is 0 Å². The summed E-state index contributed by atoms with van der Waals surface area (Å²) in [6.45, 7) is 2.72. The molecule has 0 amide bonds. The molecule has 2 aromatic rings. The van der Waals surface area contributed by atoms with Crippen LogP contribution in [0.2, 0.25) is 0 Å². The summed E-state index contributed by atoms with van der Waals surface area (Å²) in [6, 6.07) is 6.34. The molecule has 90 valence electrons. The minimum absolute atomic E-state index is 0.568. The zero-order valence-electron chi connectivity index (χ0n) is 10.2. The molecule has 0 radical (unpaired) electrons. The van der Waals surface area contributed by atoms with Crippen molar-refractivity contribution in [1.82, 2.24) is 0 Å². The lowest BCUT2D eigenvalue weighted by molar-refractivity contribution is 0.416. The molecule has 0 aliphatic carbocycles. The molecule has 2 rings (SSSR count). The maximum Gasteiger partial charge on any atom is 0.126 e. The van der Waals surface area contributed by atoms with Gasteiger partial charge >= 0.3 is 0 Å². The third-order valence-corrected chi connectivity index (χ3v) is 3.72. The predicted octanol–water partition coefficient (Wildman–Crippen LogP) is 3.44. The minimum atomic E-state index is 0.568. The highest BCUT2D eigenvalue weighted by atomic mass is 32.1.